The molecule has 1 saturated carbocycles. The van der Waals surface area contributed by atoms with Gasteiger partial charge in [0.1, 0.15) is 0 Å². The molecule has 0 aliphatic heterocycles. The molecule has 1 aromatic carbocycles. The highest BCUT2D eigenvalue weighted by molar-refractivity contribution is 7.99. The zero-order valence-corrected chi connectivity index (χ0v) is 12.3. The van der Waals surface area contributed by atoms with Gasteiger partial charge in [0.2, 0.25) is 5.89 Å². The molecule has 5 heteroatoms. The SMILES string of the molecule is Cc1ccccc1-c1nnc(SC2CCCCC2O)o1. The molecule has 0 radical (unpaired) electrons. The third-order valence-electron chi connectivity index (χ3n) is 3.70. The second kappa shape index (κ2) is 5.97. The monoisotopic (exact) mass is 290 g/mol. The summed E-state index contributed by atoms with van der Waals surface area (Å²) in [5, 5.41) is 18.9. The van der Waals surface area contributed by atoms with Crippen molar-refractivity contribution in [3.8, 4) is 11.5 Å². The minimum atomic E-state index is -0.262. The quantitative estimate of drug-likeness (QED) is 0.938. The predicted molar refractivity (Wildman–Crippen MR) is 78.6 cm³/mol. The highest BCUT2D eigenvalue weighted by Gasteiger charge is 2.26. The lowest BCUT2D eigenvalue weighted by Crippen LogP contribution is -2.26. The molecule has 1 N–H and O–H groups in total. The minimum Gasteiger partial charge on any atom is -0.411 e. The van der Waals surface area contributed by atoms with Gasteiger partial charge in [-0.05, 0) is 31.4 Å². The van der Waals surface area contributed by atoms with E-state index in [-0.39, 0.29) is 11.4 Å². The number of aliphatic hydroxyl groups is 1. The van der Waals surface area contributed by atoms with Crippen molar-refractivity contribution in [3.63, 3.8) is 0 Å². The van der Waals surface area contributed by atoms with E-state index in [9.17, 15) is 5.11 Å². The number of hydrogen-bond donors (Lipinski definition) is 1. The van der Waals surface area contributed by atoms with E-state index in [4.69, 9.17) is 4.42 Å². The van der Waals surface area contributed by atoms with Crippen molar-refractivity contribution >= 4 is 11.8 Å². The van der Waals surface area contributed by atoms with Gasteiger partial charge in [-0.1, -0.05) is 42.8 Å². The largest absolute Gasteiger partial charge is 0.411 e. The lowest BCUT2D eigenvalue weighted by molar-refractivity contribution is 0.136. The van der Waals surface area contributed by atoms with Gasteiger partial charge in [-0.25, -0.2) is 0 Å². The van der Waals surface area contributed by atoms with Gasteiger partial charge in [-0.2, -0.15) is 0 Å². The summed E-state index contributed by atoms with van der Waals surface area (Å²) in [6.07, 6.45) is 3.89. The maximum absolute atomic E-state index is 9.99. The van der Waals surface area contributed by atoms with Gasteiger partial charge in [0.25, 0.3) is 5.22 Å². The summed E-state index contributed by atoms with van der Waals surface area (Å²) in [7, 11) is 0. The van der Waals surface area contributed by atoms with E-state index in [2.05, 4.69) is 10.2 Å². The molecule has 1 fully saturated rings. The highest BCUT2D eigenvalue weighted by atomic mass is 32.2. The summed E-state index contributed by atoms with van der Waals surface area (Å²) in [4.78, 5) is 0. The molecule has 1 heterocycles. The first-order chi connectivity index (χ1) is 9.74. The van der Waals surface area contributed by atoms with Crippen LogP contribution in [0.5, 0.6) is 0 Å². The predicted octanol–water partition coefficient (Wildman–Crippen LogP) is 3.44. The van der Waals surface area contributed by atoms with Crippen LogP contribution in [0.2, 0.25) is 0 Å². The Balaban J connectivity index is 1.75. The van der Waals surface area contributed by atoms with Crippen LogP contribution < -0.4 is 0 Å². The maximum atomic E-state index is 9.99. The normalized spacial score (nSPS) is 22.9. The van der Waals surface area contributed by atoms with Crippen molar-refractivity contribution in [1.82, 2.24) is 10.2 Å². The Kier molecular flexibility index (Phi) is 4.08. The molecule has 20 heavy (non-hydrogen) atoms. The minimum absolute atomic E-state index is 0.175. The molecule has 106 valence electrons. The Hall–Kier alpha value is -1.33. The van der Waals surface area contributed by atoms with Crippen LogP contribution in [0.4, 0.5) is 0 Å². The van der Waals surface area contributed by atoms with Gasteiger partial charge in [-0.3, -0.25) is 0 Å². The molecule has 2 atom stereocenters. The van der Waals surface area contributed by atoms with Gasteiger partial charge < -0.3 is 9.52 Å². The molecule has 0 saturated heterocycles. The molecule has 1 aromatic heterocycles. The van der Waals surface area contributed by atoms with E-state index < -0.39 is 0 Å². The van der Waals surface area contributed by atoms with Crippen LogP contribution in [0.1, 0.15) is 31.2 Å². The Labute approximate surface area is 122 Å². The van der Waals surface area contributed by atoms with Crippen LogP contribution >= 0.6 is 11.8 Å². The van der Waals surface area contributed by atoms with E-state index in [1.807, 2.05) is 31.2 Å². The van der Waals surface area contributed by atoms with E-state index in [0.29, 0.717) is 11.1 Å². The average molecular weight is 290 g/mol. The van der Waals surface area contributed by atoms with Gasteiger partial charge in [-0.15, -0.1) is 10.2 Å². The number of hydrogen-bond acceptors (Lipinski definition) is 5. The summed E-state index contributed by atoms with van der Waals surface area (Å²) in [5.41, 5.74) is 2.08. The van der Waals surface area contributed by atoms with Crippen LogP contribution in [0, 0.1) is 6.92 Å². The zero-order chi connectivity index (χ0) is 13.9. The first kappa shape index (κ1) is 13.6. The summed E-state index contributed by atoms with van der Waals surface area (Å²) in [6, 6.07) is 7.96. The zero-order valence-electron chi connectivity index (χ0n) is 11.5. The van der Waals surface area contributed by atoms with Crippen molar-refractivity contribution in [2.24, 2.45) is 0 Å². The molecular weight excluding hydrogens is 272 g/mol. The fourth-order valence-corrected chi connectivity index (χ4v) is 3.58. The van der Waals surface area contributed by atoms with E-state index in [1.165, 1.54) is 11.8 Å². The van der Waals surface area contributed by atoms with Gasteiger partial charge in [0.15, 0.2) is 0 Å². The van der Waals surface area contributed by atoms with E-state index in [1.54, 1.807) is 0 Å². The average Bonchev–Trinajstić information content (AvgIpc) is 2.90. The lowest BCUT2D eigenvalue weighted by atomic mass is 9.97. The van der Waals surface area contributed by atoms with Crippen molar-refractivity contribution in [3.05, 3.63) is 29.8 Å². The van der Waals surface area contributed by atoms with Crippen molar-refractivity contribution < 1.29 is 9.52 Å². The molecular formula is C15H18N2O2S. The second-order valence-corrected chi connectivity index (χ2v) is 6.39. The van der Waals surface area contributed by atoms with Crippen LogP contribution in [-0.2, 0) is 0 Å². The lowest BCUT2D eigenvalue weighted by Gasteiger charge is -2.25. The topological polar surface area (TPSA) is 59.2 Å². The molecule has 2 aromatic rings. The van der Waals surface area contributed by atoms with Crippen LogP contribution in [0.3, 0.4) is 0 Å². The van der Waals surface area contributed by atoms with Crippen LogP contribution in [0.15, 0.2) is 33.9 Å². The molecule has 1 aliphatic rings. The van der Waals surface area contributed by atoms with Crippen molar-refractivity contribution in [2.45, 2.75) is 49.2 Å². The Morgan fingerprint density at radius 3 is 2.80 bits per heavy atom. The summed E-state index contributed by atoms with van der Waals surface area (Å²) in [5.74, 6) is 0.552. The molecule has 0 spiro atoms. The number of rotatable bonds is 3. The molecule has 0 amide bonds. The number of nitrogens with zero attached hydrogens (tertiary/aromatic N) is 2. The van der Waals surface area contributed by atoms with Gasteiger partial charge in [0, 0.05) is 10.8 Å². The highest BCUT2D eigenvalue weighted by Crippen LogP contribution is 2.34. The van der Waals surface area contributed by atoms with Crippen LogP contribution in [-0.4, -0.2) is 26.7 Å². The summed E-state index contributed by atoms with van der Waals surface area (Å²) >= 11 is 1.50. The molecule has 2 unspecified atom stereocenters. The third-order valence-corrected chi connectivity index (χ3v) is 4.92. The maximum Gasteiger partial charge on any atom is 0.277 e. The second-order valence-electron chi connectivity index (χ2n) is 5.20. The van der Waals surface area contributed by atoms with Crippen molar-refractivity contribution in [2.75, 3.05) is 0 Å². The van der Waals surface area contributed by atoms with E-state index >= 15 is 0 Å². The number of benzene rings is 1. The number of aryl methyl sites for hydroxylation is 1. The smallest absolute Gasteiger partial charge is 0.277 e. The fourth-order valence-electron chi connectivity index (χ4n) is 2.52. The number of aliphatic hydroxyl groups excluding tert-OH is 1. The molecule has 3 rings (SSSR count). The van der Waals surface area contributed by atoms with Crippen molar-refractivity contribution in [1.29, 1.82) is 0 Å². The summed E-state index contributed by atoms with van der Waals surface area (Å²) < 4.78 is 5.73. The first-order valence-electron chi connectivity index (χ1n) is 6.98. The van der Waals surface area contributed by atoms with Gasteiger partial charge in [0.05, 0.1) is 6.10 Å². The number of thioether (sulfide) groups is 1. The van der Waals surface area contributed by atoms with Crippen LogP contribution in [0.25, 0.3) is 11.5 Å². The van der Waals surface area contributed by atoms with E-state index in [0.717, 1.165) is 36.8 Å². The Morgan fingerprint density at radius 2 is 2.00 bits per heavy atom. The first-order valence-corrected chi connectivity index (χ1v) is 7.86. The third kappa shape index (κ3) is 2.88. The Bertz CT molecular complexity index is 585. The standard InChI is InChI=1S/C15H18N2O2S/c1-10-6-2-3-7-11(10)14-16-17-15(19-14)20-13-9-5-4-8-12(13)18/h2-3,6-7,12-13,18H,4-5,8-9H2,1H3. The molecule has 0 bridgehead atoms. The number of aromatic nitrogens is 2. The summed E-state index contributed by atoms with van der Waals surface area (Å²) in [6.45, 7) is 2.03. The molecule has 1 aliphatic carbocycles. The fraction of sp³-hybridized carbons (Fsp3) is 0.467. The molecule has 4 nitrogen and oxygen atoms in total. The van der Waals surface area contributed by atoms with Gasteiger partial charge >= 0.3 is 0 Å². The Morgan fingerprint density at radius 1 is 1.20 bits per heavy atom.